The smallest absolute Gasteiger partial charge is 0.0626 e. The molecule has 1 aromatic heterocycles. The summed E-state index contributed by atoms with van der Waals surface area (Å²) in [6, 6.07) is 0. The minimum Gasteiger partial charge on any atom is -0.259 e. The molecule has 0 aromatic carbocycles. The van der Waals surface area contributed by atoms with Gasteiger partial charge < -0.3 is 0 Å². The molecule has 0 N–H and O–H groups in total. The molecule has 2 heteroatoms. The molecular weight excluding hydrogens is 182 g/mol. The van der Waals surface area contributed by atoms with E-state index in [0.29, 0.717) is 5.92 Å². The molecule has 0 spiro atoms. The quantitative estimate of drug-likeness (QED) is 0.670. The van der Waals surface area contributed by atoms with Crippen molar-refractivity contribution in [2.75, 3.05) is 0 Å². The minimum atomic E-state index is 0.516. The Labute approximate surface area is 84.1 Å². The van der Waals surface area contributed by atoms with Crippen LogP contribution in [0.25, 0.3) is 0 Å². The van der Waals surface area contributed by atoms with Gasteiger partial charge in [0.2, 0.25) is 0 Å². The van der Waals surface area contributed by atoms with Gasteiger partial charge in [-0.25, -0.2) is 0 Å². The lowest BCUT2D eigenvalue weighted by Gasteiger charge is -2.12. The van der Waals surface area contributed by atoms with Crippen molar-refractivity contribution in [3.05, 3.63) is 28.0 Å². The van der Waals surface area contributed by atoms with Crippen molar-refractivity contribution in [3.8, 4) is 0 Å². The fourth-order valence-corrected chi connectivity index (χ4v) is 2.51. The largest absolute Gasteiger partial charge is 0.259 e. The minimum absolute atomic E-state index is 0.516. The van der Waals surface area contributed by atoms with E-state index in [0.717, 1.165) is 17.9 Å². The second-order valence-electron chi connectivity index (χ2n) is 3.95. The van der Waals surface area contributed by atoms with Crippen LogP contribution in [0.2, 0.25) is 5.02 Å². The lowest BCUT2D eigenvalue weighted by Crippen LogP contribution is -1.99. The van der Waals surface area contributed by atoms with Gasteiger partial charge in [0.15, 0.2) is 0 Å². The average molecular weight is 196 g/mol. The Bertz CT molecular complexity index is 331. The zero-order valence-corrected chi connectivity index (χ0v) is 8.86. The SMILES string of the molecule is CC(C)c1c(Cl)cnc2c1CCC2. The first kappa shape index (κ1) is 9.01. The zero-order valence-electron chi connectivity index (χ0n) is 8.10. The van der Waals surface area contributed by atoms with E-state index in [1.807, 2.05) is 0 Å². The summed E-state index contributed by atoms with van der Waals surface area (Å²) in [6.45, 7) is 4.39. The Morgan fingerprint density at radius 3 is 2.85 bits per heavy atom. The van der Waals surface area contributed by atoms with Crippen LogP contribution in [-0.4, -0.2) is 4.98 Å². The Kier molecular flexibility index (Phi) is 2.29. The number of rotatable bonds is 1. The first-order valence-corrected chi connectivity index (χ1v) is 5.24. The molecule has 0 unspecified atom stereocenters. The summed E-state index contributed by atoms with van der Waals surface area (Å²) in [4.78, 5) is 4.37. The Morgan fingerprint density at radius 1 is 1.38 bits per heavy atom. The van der Waals surface area contributed by atoms with E-state index in [9.17, 15) is 0 Å². The summed E-state index contributed by atoms with van der Waals surface area (Å²) in [5.74, 6) is 0.516. The molecule has 0 saturated heterocycles. The van der Waals surface area contributed by atoms with Crippen LogP contribution in [0.4, 0.5) is 0 Å². The van der Waals surface area contributed by atoms with E-state index in [1.165, 1.54) is 23.2 Å². The van der Waals surface area contributed by atoms with E-state index in [-0.39, 0.29) is 0 Å². The second-order valence-corrected chi connectivity index (χ2v) is 4.36. The summed E-state index contributed by atoms with van der Waals surface area (Å²) in [5.41, 5.74) is 4.01. The van der Waals surface area contributed by atoms with Gasteiger partial charge in [-0.2, -0.15) is 0 Å². The van der Waals surface area contributed by atoms with Crippen LogP contribution in [0.15, 0.2) is 6.20 Å². The highest BCUT2D eigenvalue weighted by molar-refractivity contribution is 6.31. The summed E-state index contributed by atoms with van der Waals surface area (Å²) in [6.07, 6.45) is 5.34. The number of hydrogen-bond donors (Lipinski definition) is 0. The molecule has 1 aromatic rings. The molecule has 0 bridgehead atoms. The highest BCUT2D eigenvalue weighted by Gasteiger charge is 2.19. The van der Waals surface area contributed by atoms with Gasteiger partial charge in [0.05, 0.1) is 5.02 Å². The molecular formula is C11H14ClN. The van der Waals surface area contributed by atoms with Crippen molar-refractivity contribution in [1.29, 1.82) is 0 Å². The Morgan fingerprint density at radius 2 is 2.15 bits per heavy atom. The van der Waals surface area contributed by atoms with Gasteiger partial charge in [-0.1, -0.05) is 25.4 Å². The van der Waals surface area contributed by atoms with Gasteiger partial charge in [-0.3, -0.25) is 4.98 Å². The Balaban J connectivity index is 2.58. The van der Waals surface area contributed by atoms with Crippen molar-refractivity contribution in [3.63, 3.8) is 0 Å². The number of halogens is 1. The topological polar surface area (TPSA) is 12.9 Å². The number of aryl methyl sites for hydroxylation is 1. The highest BCUT2D eigenvalue weighted by atomic mass is 35.5. The monoisotopic (exact) mass is 195 g/mol. The molecule has 13 heavy (non-hydrogen) atoms. The molecule has 0 aliphatic heterocycles. The van der Waals surface area contributed by atoms with Crippen LogP contribution in [-0.2, 0) is 12.8 Å². The fraction of sp³-hybridized carbons (Fsp3) is 0.545. The maximum atomic E-state index is 6.14. The van der Waals surface area contributed by atoms with Crippen LogP contribution in [0.1, 0.15) is 43.0 Å². The molecule has 2 rings (SSSR count). The van der Waals surface area contributed by atoms with Crippen molar-refractivity contribution < 1.29 is 0 Å². The number of pyridine rings is 1. The van der Waals surface area contributed by atoms with Gasteiger partial charge >= 0.3 is 0 Å². The number of hydrogen-bond acceptors (Lipinski definition) is 1. The summed E-state index contributed by atoms with van der Waals surface area (Å²) in [7, 11) is 0. The highest BCUT2D eigenvalue weighted by Crippen LogP contribution is 2.33. The first-order chi connectivity index (χ1) is 6.20. The number of aromatic nitrogens is 1. The average Bonchev–Trinajstić information content (AvgIpc) is 2.50. The van der Waals surface area contributed by atoms with Gasteiger partial charge in [0.1, 0.15) is 0 Å². The fourth-order valence-electron chi connectivity index (χ4n) is 2.13. The van der Waals surface area contributed by atoms with Crippen LogP contribution in [0.3, 0.4) is 0 Å². The maximum Gasteiger partial charge on any atom is 0.0626 e. The maximum absolute atomic E-state index is 6.14. The van der Waals surface area contributed by atoms with Gasteiger partial charge in [0, 0.05) is 11.9 Å². The molecule has 0 radical (unpaired) electrons. The van der Waals surface area contributed by atoms with Gasteiger partial charge in [-0.05, 0) is 36.3 Å². The third-order valence-electron chi connectivity index (χ3n) is 2.68. The van der Waals surface area contributed by atoms with Crippen molar-refractivity contribution in [1.82, 2.24) is 4.98 Å². The predicted molar refractivity (Wildman–Crippen MR) is 55.4 cm³/mol. The molecule has 0 amide bonds. The zero-order chi connectivity index (χ0) is 9.42. The lowest BCUT2D eigenvalue weighted by molar-refractivity contribution is 0.837. The predicted octanol–water partition coefficient (Wildman–Crippen LogP) is 3.35. The van der Waals surface area contributed by atoms with E-state index < -0.39 is 0 Å². The first-order valence-electron chi connectivity index (χ1n) is 4.86. The standard InChI is InChI=1S/C11H14ClN/c1-7(2)11-8-4-3-5-10(8)13-6-9(11)12/h6-7H,3-5H2,1-2H3. The van der Waals surface area contributed by atoms with E-state index >= 15 is 0 Å². The summed E-state index contributed by atoms with van der Waals surface area (Å²) < 4.78 is 0. The van der Waals surface area contributed by atoms with E-state index in [1.54, 1.807) is 6.20 Å². The normalized spacial score (nSPS) is 15.1. The van der Waals surface area contributed by atoms with Gasteiger partial charge in [-0.15, -0.1) is 0 Å². The van der Waals surface area contributed by atoms with Crippen molar-refractivity contribution >= 4 is 11.6 Å². The van der Waals surface area contributed by atoms with Gasteiger partial charge in [0.25, 0.3) is 0 Å². The van der Waals surface area contributed by atoms with Crippen molar-refractivity contribution in [2.24, 2.45) is 0 Å². The van der Waals surface area contributed by atoms with Crippen molar-refractivity contribution in [2.45, 2.75) is 39.0 Å². The molecule has 1 nitrogen and oxygen atoms in total. The Hall–Kier alpha value is -0.560. The van der Waals surface area contributed by atoms with E-state index in [4.69, 9.17) is 11.6 Å². The molecule has 1 aliphatic rings. The summed E-state index contributed by atoms with van der Waals surface area (Å²) >= 11 is 6.14. The molecule has 0 atom stereocenters. The molecule has 0 fully saturated rings. The van der Waals surface area contributed by atoms with Crippen LogP contribution in [0.5, 0.6) is 0 Å². The van der Waals surface area contributed by atoms with Crippen LogP contribution >= 0.6 is 11.6 Å². The number of nitrogens with zero attached hydrogens (tertiary/aromatic N) is 1. The third-order valence-corrected chi connectivity index (χ3v) is 2.98. The summed E-state index contributed by atoms with van der Waals surface area (Å²) in [5, 5.41) is 0.843. The number of fused-ring (bicyclic) bond motifs is 1. The van der Waals surface area contributed by atoms with E-state index in [2.05, 4.69) is 18.8 Å². The molecule has 1 heterocycles. The van der Waals surface area contributed by atoms with Crippen LogP contribution < -0.4 is 0 Å². The van der Waals surface area contributed by atoms with Crippen LogP contribution in [0, 0.1) is 0 Å². The molecule has 70 valence electrons. The second kappa shape index (κ2) is 3.30. The lowest BCUT2D eigenvalue weighted by atomic mass is 9.97. The molecule has 0 saturated carbocycles. The molecule has 1 aliphatic carbocycles. The third kappa shape index (κ3) is 1.46.